The van der Waals surface area contributed by atoms with Crippen LogP contribution < -0.4 is 11.5 Å². The number of anilines is 1. The lowest BCUT2D eigenvalue weighted by atomic mass is 9.61. The fraction of sp³-hybridized carbons (Fsp3) is 0.667. The molecule has 2 aliphatic rings. The number of aromatic nitrogens is 2. The molecule has 2 fully saturated rings. The Balaban J connectivity index is 1.59. The van der Waals surface area contributed by atoms with E-state index in [4.69, 9.17) is 16.2 Å². The Kier molecular flexibility index (Phi) is 3.82. The summed E-state index contributed by atoms with van der Waals surface area (Å²) in [6.45, 7) is 6.93. The van der Waals surface area contributed by atoms with E-state index in [1.165, 1.54) is 0 Å². The van der Waals surface area contributed by atoms with Crippen LogP contribution in [-0.2, 0) is 4.74 Å². The summed E-state index contributed by atoms with van der Waals surface area (Å²) in [4.78, 5) is 25.1. The van der Waals surface area contributed by atoms with Crippen LogP contribution in [0.25, 0.3) is 0 Å². The van der Waals surface area contributed by atoms with E-state index in [1.54, 1.807) is 9.58 Å². The smallest absolute Gasteiger partial charge is 0.410 e. The number of likely N-dealkylation sites (tertiary alicyclic amines) is 1. The Hall–Kier alpha value is -1.77. The van der Waals surface area contributed by atoms with Crippen LogP contribution in [0.1, 0.15) is 50.0 Å². The molecule has 0 radical (unpaired) electrons. The first kappa shape index (κ1) is 17.1. The number of hydrogen-bond acceptors (Lipinski definition) is 5. The molecule has 0 atom stereocenters. The lowest BCUT2D eigenvalue weighted by Crippen LogP contribution is -2.64. The largest absolute Gasteiger partial charge is 0.444 e. The average molecular weight is 400 g/mol. The molecule has 2 heterocycles. The van der Waals surface area contributed by atoms with Crippen molar-refractivity contribution in [2.45, 2.75) is 45.3 Å². The molecule has 1 aliphatic carbocycles. The fourth-order valence-corrected chi connectivity index (χ4v) is 4.08. The van der Waals surface area contributed by atoms with Crippen molar-refractivity contribution in [2.75, 3.05) is 18.8 Å². The van der Waals surface area contributed by atoms with E-state index in [-0.39, 0.29) is 28.9 Å². The van der Waals surface area contributed by atoms with Crippen molar-refractivity contribution in [1.82, 2.24) is 14.7 Å². The van der Waals surface area contributed by atoms with Crippen LogP contribution in [0.4, 0.5) is 10.6 Å². The van der Waals surface area contributed by atoms with Gasteiger partial charge >= 0.3 is 6.09 Å². The molecule has 1 saturated heterocycles. The second kappa shape index (κ2) is 5.37. The summed E-state index contributed by atoms with van der Waals surface area (Å²) in [6, 6.07) is 0.121. The van der Waals surface area contributed by atoms with Crippen molar-refractivity contribution >= 4 is 33.7 Å². The topological polar surface area (TPSA) is 116 Å². The molecule has 8 nitrogen and oxygen atoms in total. The first-order valence-corrected chi connectivity index (χ1v) is 8.62. The molecule has 0 bridgehead atoms. The molecule has 3 rings (SSSR count). The average Bonchev–Trinajstić information content (AvgIpc) is 2.58. The third kappa shape index (κ3) is 2.85. The number of nitrogens with two attached hydrogens (primary N) is 2. The highest BCUT2D eigenvalue weighted by atomic mass is 79.9. The highest BCUT2D eigenvalue weighted by Gasteiger charge is 2.55. The van der Waals surface area contributed by atoms with Gasteiger partial charge in [-0.3, -0.25) is 4.79 Å². The maximum Gasteiger partial charge on any atom is 0.410 e. The molecule has 1 saturated carbocycles. The molecule has 2 amide bonds. The molecular formula is C15H22BrN5O3. The van der Waals surface area contributed by atoms with Crippen molar-refractivity contribution in [2.24, 2.45) is 11.1 Å². The number of nitrogen functional groups attached to an aromatic ring is 1. The minimum Gasteiger partial charge on any atom is -0.444 e. The van der Waals surface area contributed by atoms with Gasteiger partial charge < -0.3 is 21.1 Å². The normalized spacial score (nSPS) is 19.8. The predicted octanol–water partition coefficient (Wildman–Crippen LogP) is 1.90. The number of hydrogen-bond donors (Lipinski definition) is 2. The molecule has 1 spiro atoms. The van der Waals surface area contributed by atoms with Crippen molar-refractivity contribution in [1.29, 1.82) is 0 Å². The van der Waals surface area contributed by atoms with Crippen LogP contribution in [0, 0.1) is 5.41 Å². The van der Waals surface area contributed by atoms with Gasteiger partial charge in [0, 0.05) is 18.5 Å². The molecule has 1 aromatic heterocycles. The Labute approximate surface area is 148 Å². The van der Waals surface area contributed by atoms with Crippen molar-refractivity contribution in [3.05, 3.63) is 10.2 Å². The quantitative estimate of drug-likeness (QED) is 0.787. The van der Waals surface area contributed by atoms with Crippen LogP contribution in [0.15, 0.2) is 4.60 Å². The van der Waals surface area contributed by atoms with Crippen LogP contribution in [0.5, 0.6) is 0 Å². The van der Waals surface area contributed by atoms with E-state index in [2.05, 4.69) is 21.0 Å². The highest BCUT2D eigenvalue weighted by molar-refractivity contribution is 9.10. The maximum atomic E-state index is 12.0. The van der Waals surface area contributed by atoms with E-state index in [0.717, 1.165) is 12.8 Å². The number of carbonyl (C=O) groups excluding carboxylic acids is 2. The highest BCUT2D eigenvalue weighted by Crippen LogP contribution is 2.54. The van der Waals surface area contributed by atoms with Gasteiger partial charge in [0.15, 0.2) is 0 Å². The van der Waals surface area contributed by atoms with Gasteiger partial charge in [-0.2, -0.15) is 5.10 Å². The number of ether oxygens (including phenoxy) is 1. The first-order valence-electron chi connectivity index (χ1n) is 7.83. The molecule has 1 aliphatic heterocycles. The van der Waals surface area contributed by atoms with E-state index in [0.29, 0.717) is 17.7 Å². The summed E-state index contributed by atoms with van der Waals surface area (Å²) < 4.78 is 7.40. The third-order valence-electron chi connectivity index (χ3n) is 4.54. The van der Waals surface area contributed by atoms with Gasteiger partial charge in [-0.05, 0) is 49.5 Å². The van der Waals surface area contributed by atoms with Crippen LogP contribution in [0.3, 0.4) is 0 Å². The van der Waals surface area contributed by atoms with Gasteiger partial charge in [0.25, 0.3) is 5.91 Å². The van der Waals surface area contributed by atoms with Gasteiger partial charge in [-0.1, -0.05) is 0 Å². The van der Waals surface area contributed by atoms with Crippen LogP contribution >= 0.6 is 15.9 Å². The second-order valence-electron chi connectivity index (χ2n) is 7.76. The van der Waals surface area contributed by atoms with Gasteiger partial charge in [0.2, 0.25) is 0 Å². The summed E-state index contributed by atoms with van der Waals surface area (Å²) in [5, 5.41) is 4.28. The Bertz CT molecular complexity index is 695. The van der Waals surface area contributed by atoms with Gasteiger partial charge in [0.1, 0.15) is 21.6 Å². The minimum absolute atomic E-state index is 0.110. The van der Waals surface area contributed by atoms with Gasteiger partial charge in [0.05, 0.1) is 6.04 Å². The zero-order chi connectivity index (χ0) is 17.9. The fourth-order valence-electron chi connectivity index (χ4n) is 3.51. The molecule has 1 aromatic rings. The molecule has 4 N–H and O–H groups in total. The number of amides is 2. The Morgan fingerprint density at radius 3 is 2.38 bits per heavy atom. The summed E-state index contributed by atoms with van der Waals surface area (Å²) in [5.74, 6) is -0.308. The molecule has 9 heteroatoms. The summed E-state index contributed by atoms with van der Waals surface area (Å²) >= 11 is 3.22. The minimum atomic E-state index is -0.598. The predicted molar refractivity (Wildman–Crippen MR) is 91.4 cm³/mol. The number of nitrogens with zero attached hydrogens (tertiary/aromatic N) is 3. The summed E-state index contributed by atoms with van der Waals surface area (Å²) in [5.41, 5.74) is 11.2. The lowest BCUT2D eigenvalue weighted by Gasteiger charge is -2.58. The zero-order valence-corrected chi connectivity index (χ0v) is 15.6. The molecule has 0 aromatic carbocycles. The molecule has 0 unspecified atom stereocenters. The third-order valence-corrected chi connectivity index (χ3v) is 5.09. The summed E-state index contributed by atoms with van der Waals surface area (Å²) in [6.07, 6.45) is 1.46. The Morgan fingerprint density at radius 1 is 1.33 bits per heavy atom. The number of rotatable bonds is 2. The van der Waals surface area contributed by atoms with Crippen molar-refractivity contribution in [3.8, 4) is 0 Å². The lowest BCUT2D eigenvalue weighted by molar-refractivity contribution is -0.0924. The van der Waals surface area contributed by atoms with E-state index >= 15 is 0 Å². The van der Waals surface area contributed by atoms with Gasteiger partial charge in [-0.15, -0.1) is 0 Å². The van der Waals surface area contributed by atoms with Gasteiger partial charge in [-0.25, -0.2) is 9.48 Å². The summed E-state index contributed by atoms with van der Waals surface area (Å²) in [7, 11) is 0. The number of primary amides is 1. The Morgan fingerprint density at radius 2 is 1.92 bits per heavy atom. The van der Waals surface area contributed by atoms with Crippen molar-refractivity contribution in [3.63, 3.8) is 0 Å². The van der Waals surface area contributed by atoms with Crippen molar-refractivity contribution < 1.29 is 14.3 Å². The van der Waals surface area contributed by atoms with Crippen LogP contribution in [0.2, 0.25) is 0 Å². The zero-order valence-electron chi connectivity index (χ0n) is 14.0. The molecule has 24 heavy (non-hydrogen) atoms. The van der Waals surface area contributed by atoms with E-state index < -0.39 is 11.5 Å². The maximum absolute atomic E-state index is 12.0. The molecule has 132 valence electrons. The standard InChI is InChI=1S/C15H22BrN5O3/c1-14(2,3)24-13(23)20-6-15(7-20)4-8(5-15)21-11(17)9(12(18)22)10(16)19-21/h8H,4-7,17H2,1-3H3,(H2,18,22). The monoisotopic (exact) mass is 399 g/mol. The number of halogens is 1. The second-order valence-corrected chi connectivity index (χ2v) is 8.51. The van der Waals surface area contributed by atoms with E-state index in [1.807, 2.05) is 20.8 Å². The SMILES string of the molecule is CC(C)(C)OC(=O)N1CC2(CC(n3nc(Br)c(C(N)=O)c3N)C2)C1. The van der Waals surface area contributed by atoms with Crippen LogP contribution in [-0.4, -0.2) is 45.4 Å². The van der Waals surface area contributed by atoms with E-state index in [9.17, 15) is 9.59 Å². The first-order chi connectivity index (χ1) is 11.0. The number of carbonyl (C=O) groups is 2. The molecular weight excluding hydrogens is 378 g/mol.